The molecule has 28 heavy (non-hydrogen) atoms. The van der Waals surface area contributed by atoms with Crippen molar-refractivity contribution in [2.75, 3.05) is 19.0 Å². The van der Waals surface area contributed by atoms with Crippen LogP contribution in [0.25, 0.3) is 0 Å². The topological polar surface area (TPSA) is 107 Å². The maximum Gasteiger partial charge on any atom is 0.339 e. The van der Waals surface area contributed by atoms with Gasteiger partial charge in [-0.2, -0.15) is 8.42 Å². The number of carbonyl (C=O) groups excluding carboxylic acids is 2. The lowest BCUT2D eigenvalue weighted by Gasteiger charge is -2.10. The Hall–Kier alpha value is -1.93. The average molecular weight is 415 g/mol. The fourth-order valence-electron chi connectivity index (χ4n) is 2.59. The molecule has 0 fully saturated rings. The van der Waals surface area contributed by atoms with Crippen LogP contribution in [0.2, 0.25) is 0 Å². The molecule has 0 heterocycles. The van der Waals surface area contributed by atoms with E-state index in [2.05, 4.69) is 6.92 Å². The fraction of sp³-hybridized carbons (Fsp3) is 0.600. The van der Waals surface area contributed by atoms with E-state index in [9.17, 15) is 18.0 Å². The van der Waals surface area contributed by atoms with Crippen LogP contribution < -0.4 is 0 Å². The number of unbranched alkanes of at least 4 members (excludes halogenated alkanes) is 6. The molecule has 0 saturated carbocycles. The summed E-state index contributed by atoms with van der Waals surface area (Å²) in [5, 5.41) is 0. The molecule has 7 nitrogen and oxygen atoms in total. The largest absolute Gasteiger partial charge is 0.462 e. The number of esters is 2. The Bertz CT molecular complexity index is 713. The molecule has 0 bridgehead atoms. The van der Waals surface area contributed by atoms with Crippen LogP contribution in [0.3, 0.4) is 0 Å². The summed E-state index contributed by atoms with van der Waals surface area (Å²) in [5.41, 5.74) is 0.265. The minimum atomic E-state index is -4.01. The molecule has 0 aromatic heterocycles. The molecule has 0 aliphatic heterocycles. The number of hydrogen-bond donors (Lipinski definition) is 1. The van der Waals surface area contributed by atoms with Crippen LogP contribution in [0.4, 0.5) is 0 Å². The number of hydrogen-bond acceptors (Lipinski definition) is 6. The predicted octanol–water partition coefficient (Wildman–Crippen LogP) is 4.03. The first kappa shape index (κ1) is 24.1. The Morgan fingerprint density at radius 1 is 0.821 bits per heavy atom. The Morgan fingerprint density at radius 2 is 1.29 bits per heavy atom. The molecule has 1 aromatic rings. The molecule has 1 rings (SSSR count). The normalized spacial score (nSPS) is 11.2. The van der Waals surface area contributed by atoms with Gasteiger partial charge in [0.2, 0.25) is 0 Å². The van der Waals surface area contributed by atoms with E-state index in [4.69, 9.17) is 14.0 Å². The molecule has 8 heteroatoms. The Kier molecular flexibility index (Phi) is 11.4. The summed E-state index contributed by atoms with van der Waals surface area (Å²) in [6.07, 6.45) is 6.95. The third-order valence-electron chi connectivity index (χ3n) is 4.13. The monoisotopic (exact) mass is 414 g/mol. The van der Waals surface area contributed by atoms with Gasteiger partial charge in [0, 0.05) is 0 Å². The minimum absolute atomic E-state index is 0.00447. The van der Waals surface area contributed by atoms with Gasteiger partial charge in [-0.25, -0.2) is 9.59 Å². The van der Waals surface area contributed by atoms with Crippen LogP contribution in [-0.4, -0.2) is 43.9 Å². The molecule has 0 amide bonds. The van der Waals surface area contributed by atoms with Gasteiger partial charge in [-0.3, -0.25) is 4.55 Å². The van der Waals surface area contributed by atoms with Crippen LogP contribution in [0.5, 0.6) is 0 Å². The Labute approximate surface area is 167 Å². The molecule has 0 saturated heterocycles. The average Bonchev–Trinajstić information content (AvgIpc) is 2.65. The van der Waals surface area contributed by atoms with Gasteiger partial charge < -0.3 is 9.47 Å². The maximum atomic E-state index is 12.3. The second kappa shape index (κ2) is 13.3. The highest BCUT2D eigenvalue weighted by Gasteiger charge is 2.18. The highest BCUT2D eigenvalue weighted by atomic mass is 32.2. The second-order valence-electron chi connectivity index (χ2n) is 6.58. The third kappa shape index (κ3) is 10.4. The number of ether oxygens (including phenoxy) is 2. The molecule has 0 unspecified atom stereocenters. The quantitative estimate of drug-likeness (QED) is 0.278. The van der Waals surface area contributed by atoms with Crippen LogP contribution in [0.15, 0.2) is 24.3 Å². The van der Waals surface area contributed by atoms with Crippen molar-refractivity contribution in [1.29, 1.82) is 0 Å². The predicted molar refractivity (Wildman–Crippen MR) is 106 cm³/mol. The molecular formula is C20H30O7S. The van der Waals surface area contributed by atoms with E-state index >= 15 is 0 Å². The van der Waals surface area contributed by atoms with E-state index < -0.39 is 22.1 Å². The van der Waals surface area contributed by atoms with E-state index in [0.717, 1.165) is 19.3 Å². The zero-order chi connectivity index (χ0) is 20.8. The van der Waals surface area contributed by atoms with Crippen molar-refractivity contribution in [2.24, 2.45) is 0 Å². The summed E-state index contributed by atoms with van der Waals surface area (Å²) in [5.74, 6) is -1.61. The van der Waals surface area contributed by atoms with Crippen LogP contribution in [-0.2, 0) is 19.6 Å². The third-order valence-corrected chi connectivity index (χ3v) is 4.93. The lowest BCUT2D eigenvalue weighted by atomic mass is 10.1. The first-order valence-electron chi connectivity index (χ1n) is 9.73. The van der Waals surface area contributed by atoms with Gasteiger partial charge in [-0.1, -0.05) is 51.2 Å². The number of rotatable bonds is 14. The van der Waals surface area contributed by atoms with Gasteiger partial charge >= 0.3 is 11.9 Å². The zero-order valence-corrected chi connectivity index (χ0v) is 17.2. The van der Waals surface area contributed by atoms with Gasteiger partial charge in [-0.05, 0) is 31.4 Å². The summed E-state index contributed by atoms with van der Waals surface area (Å²) in [6, 6.07) is 6.27. The van der Waals surface area contributed by atoms with E-state index in [1.54, 1.807) is 12.1 Å². The first-order chi connectivity index (χ1) is 13.3. The summed E-state index contributed by atoms with van der Waals surface area (Å²) in [7, 11) is -4.01. The van der Waals surface area contributed by atoms with E-state index in [0.29, 0.717) is 6.61 Å². The molecular weight excluding hydrogens is 384 g/mol. The van der Waals surface area contributed by atoms with E-state index in [1.807, 2.05) is 0 Å². The van der Waals surface area contributed by atoms with Crippen molar-refractivity contribution in [2.45, 2.75) is 58.3 Å². The number of benzene rings is 1. The van der Waals surface area contributed by atoms with Gasteiger partial charge in [-0.15, -0.1) is 0 Å². The molecule has 0 spiro atoms. The lowest BCUT2D eigenvalue weighted by molar-refractivity contribution is 0.0451. The van der Waals surface area contributed by atoms with E-state index in [1.165, 1.54) is 31.4 Å². The Morgan fingerprint density at radius 3 is 1.79 bits per heavy atom. The summed E-state index contributed by atoms with van der Waals surface area (Å²) >= 11 is 0. The molecule has 158 valence electrons. The molecule has 1 N–H and O–H groups in total. The molecule has 0 radical (unpaired) electrons. The van der Waals surface area contributed by atoms with Gasteiger partial charge in [0.25, 0.3) is 10.1 Å². The standard InChI is InChI=1S/C20H30O7S/c1-2-3-4-5-6-9-14-26-19(21)17-12-7-8-13-18(17)20(22)27-15-10-11-16-28(23,24)25/h7-8,12-13H,2-6,9-11,14-16H2,1H3,(H,23,24,25). The Balaban J connectivity index is 2.43. The lowest BCUT2D eigenvalue weighted by Crippen LogP contribution is -2.15. The van der Waals surface area contributed by atoms with Crippen molar-refractivity contribution in [3.8, 4) is 0 Å². The maximum absolute atomic E-state index is 12.3. The smallest absolute Gasteiger partial charge is 0.339 e. The van der Waals surface area contributed by atoms with Crippen molar-refractivity contribution in [3.63, 3.8) is 0 Å². The van der Waals surface area contributed by atoms with Crippen LogP contribution >= 0.6 is 0 Å². The van der Waals surface area contributed by atoms with Crippen molar-refractivity contribution in [3.05, 3.63) is 35.4 Å². The van der Waals surface area contributed by atoms with Gasteiger partial charge in [0.05, 0.1) is 30.1 Å². The fourth-order valence-corrected chi connectivity index (χ4v) is 3.16. The molecule has 0 aliphatic carbocycles. The minimum Gasteiger partial charge on any atom is -0.462 e. The first-order valence-corrected chi connectivity index (χ1v) is 11.3. The zero-order valence-electron chi connectivity index (χ0n) is 16.4. The highest BCUT2D eigenvalue weighted by Crippen LogP contribution is 2.13. The second-order valence-corrected chi connectivity index (χ2v) is 8.15. The van der Waals surface area contributed by atoms with Crippen molar-refractivity contribution in [1.82, 2.24) is 0 Å². The summed E-state index contributed by atoms with van der Waals surface area (Å²) in [4.78, 5) is 24.5. The molecule has 0 aliphatic rings. The van der Waals surface area contributed by atoms with Gasteiger partial charge in [0.15, 0.2) is 0 Å². The van der Waals surface area contributed by atoms with Crippen LogP contribution in [0.1, 0.15) is 79.0 Å². The summed E-state index contributed by atoms with van der Waals surface area (Å²) < 4.78 is 40.3. The van der Waals surface area contributed by atoms with E-state index in [-0.39, 0.29) is 36.3 Å². The molecule has 1 aromatic carbocycles. The van der Waals surface area contributed by atoms with Crippen molar-refractivity contribution >= 4 is 22.1 Å². The van der Waals surface area contributed by atoms with Gasteiger partial charge in [0.1, 0.15) is 0 Å². The highest BCUT2D eigenvalue weighted by molar-refractivity contribution is 7.85. The SMILES string of the molecule is CCCCCCCCOC(=O)c1ccccc1C(=O)OCCCCS(=O)(=O)O. The number of carbonyl (C=O) groups is 2. The molecule has 0 atom stereocenters. The van der Waals surface area contributed by atoms with Crippen LogP contribution in [0, 0.1) is 0 Å². The van der Waals surface area contributed by atoms with Crippen molar-refractivity contribution < 1.29 is 32.0 Å². The summed E-state index contributed by atoms with van der Waals surface area (Å²) in [6.45, 7) is 2.46.